The summed E-state index contributed by atoms with van der Waals surface area (Å²) >= 11 is 0. The fourth-order valence-electron chi connectivity index (χ4n) is 3.92. The minimum absolute atomic E-state index is 0.271. The van der Waals surface area contributed by atoms with Gasteiger partial charge in [-0.25, -0.2) is 0 Å². The van der Waals surface area contributed by atoms with Crippen molar-refractivity contribution in [3.8, 4) is 11.1 Å². The molecule has 1 aliphatic rings. The largest absolute Gasteiger partial charge is 0.378 e. The third-order valence-corrected chi connectivity index (χ3v) is 5.20. The normalized spacial score (nSPS) is 16.7. The first kappa shape index (κ1) is 15.0. The molecular weight excluding hydrogens is 296 g/mol. The minimum Gasteiger partial charge on any atom is -0.378 e. The summed E-state index contributed by atoms with van der Waals surface area (Å²) in [6, 6.07) is 15.1. The van der Waals surface area contributed by atoms with Crippen LogP contribution in [-0.2, 0) is 7.05 Å². The van der Waals surface area contributed by atoms with E-state index in [4.69, 9.17) is 0 Å². The van der Waals surface area contributed by atoms with Crippen LogP contribution in [0.15, 0.2) is 42.5 Å². The fraction of sp³-hybridized carbons (Fsp3) is 0.286. The van der Waals surface area contributed by atoms with E-state index in [-0.39, 0.29) is 5.78 Å². The summed E-state index contributed by atoms with van der Waals surface area (Å²) in [4.78, 5) is 14.4. The number of carbonyl (C=O) groups excluding carboxylic acids is 1. The first-order chi connectivity index (χ1) is 11.5. The second-order valence-electron chi connectivity index (χ2n) is 7.02. The lowest BCUT2D eigenvalue weighted by molar-refractivity contribution is 0.0983. The Balaban J connectivity index is 1.87. The Bertz CT molecular complexity index is 948. The van der Waals surface area contributed by atoms with Crippen molar-refractivity contribution < 1.29 is 4.79 Å². The molecule has 3 aromatic rings. The van der Waals surface area contributed by atoms with E-state index in [0.717, 1.165) is 11.2 Å². The Labute approximate surface area is 142 Å². The zero-order chi connectivity index (χ0) is 17.0. The van der Waals surface area contributed by atoms with E-state index in [9.17, 15) is 4.79 Å². The number of nitrogens with zero attached hydrogens (tertiary/aromatic N) is 2. The van der Waals surface area contributed by atoms with Crippen LogP contribution in [0.25, 0.3) is 22.0 Å². The highest BCUT2D eigenvalue weighted by molar-refractivity contribution is 6.07. The van der Waals surface area contributed by atoms with Gasteiger partial charge in [0.05, 0.1) is 5.69 Å². The summed E-state index contributed by atoms with van der Waals surface area (Å²) in [7, 11) is 6.10. The molecule has 24 heavy (non-hydrogen) atoms. The summed E-state index contributed by atoms with van der Waals surface area (Å²) in [6.45, 7) is 2.15. The molecule has 4 rings (SSSR count). The molecular formula is C21H22N2O. The van der Waals surface area contributed by atoms with Gasteiger partial charge in [0.15, 0.2) is 5.78 Å². The molecule has 1 aromatic heterocycles. The number of fused-ring (bicyclic) bond motifs is 3. The molecule has 0 radical (unpaired) electrons. The monoisotopic (exact) mass is 318 g/mol. The van der Waals surface area contributed by atoms with E-state index in [1.54, 1.807) is 0 Å². The molecule has 0 saturated heterocycles. The maximum atomic E-state index is 12.3. The standard InChI is InChI=1S/C21H22N2O/c1-13-11-19(24)21-20(13)17-12-15(7-10-18(17)23(21)4)14-5-8-16(9-6-14)22(2)3/h5-10,12-13H,11H2,1-4H3. The zero-order valence-corrected chi connectivity index (χ0v) is 14.6. The molecule has 3 nitrogen and oxygen atoms in total. The highest BCUT2D eigenvalue weighted by Crippen LogP contribution is 2.41. The summed E-state index contributed by atoms with van der Waals surface area (Å²) < 4.78 is 2.06. The van der Waals surface area contributed by atoms with Crippen LogP contribution in [0.5, 0.6) is 0 Å². The lowest BCUT2D eigenvalue weighted by Gasteiger charge is -2.13. The van der Waals surface area contributed by atoms with Crippen LogP contribution in [0.1, 0.15) is 35.3 Å². The summed E-state index contributed by atoms with van der Waals surface area (Å²) in [5.41, 5.74) is 6.87. The molecule has 1 aliphatic carbocycles. The van der Waals surface area contributed by atoms with Gasteiger partial charge < -0.3 is 9.47 Å². The number of ketones is 1. The van der Waals surface area contributed by atoms with Gasteiger partial charge in [-0.15, -0.1) is 0 Å². The Morgan fingerprint density at radius 2 is 1.71 bits per heavy atom. The topological polar surface area (TPSA) is 25.2 Å². The van der Waals surface area contributed by atoms with Crippen molar-refractivity contribution in [1.29, 1.82) is 0 Å². The molecule has 1 unspecified atom stereocenters. The maximum Gasteiger partial charge on any atom is 0.180 e. The van der Waals surface area contributed by atoms with E-state index in [1.807, 2.05) is 21.1 Å². The highest BCUT2D eigenvalue weighted by atomic mass is 16.1. The van der Waals surface area contributed by atoms with E-state index in [1.165, 1.54) is 27.8 Å². The lowest BCUT2D eigenvalue weighted by Crippen LogP contribution is -2.07. The number of hydrogen-bond donors (Lipinski definition) is 0. The molecule has 0 aliphatic heterocycles. The minimum atomic E-state index is 0.271. The molecule has 2 aromatic carbocycles. The predicted octanol–water partition coefficient (Wildman–Crippen LogP) is 4.60. The SMILES string of the molecule is CC1CC(=O)c2c1c1cc(-c3ccc(N(C)C)cc3)ccc1n2C. The van der Waals surface area contributed by atoms with Crippen molar-refractivity contribution in [2.75, 3.05) is 19.0 Å². The van der Waals surface area contributed by atoms with Gasteiger partial charge in [0.25, 0.3) is 0 Å². The average Bonchev–Trinajstić information content (AvgIpc) is 3.03. The highest BCUT2D eigenvalue weighted by Gasteiger charge is 2.32. The van der Waals surface area contributed by atoms with Crippen molar-refractivity contribution in [1.82, 2.24) is 4.57 Å². The number of anilines is 1. The average molecular weight is 318 g/mol. The van der Waals surface area contributed by atoms with Gasteiger partial charge in [0.2, 0.25) is 0 Å². The first-order valence-electron chi connectivity index (χ1n) is 8.40. The van der Waals surface area contributed by atoms with Gasteiger partial charge in [-0.05, 0) is 46.9 Å². The number of hydrogen-bond acceptors (Lipinski definition) is 2. The predicted molar refractivity (Wildman–Crippen MR) is 100 cm³/mol. The number of rotatable bonds is 2. The van der Waals surface area contributed by atoms with Crippen molar-refractivity contribution >= 4 is 22.4 Å². The van der Waals surface area contributed by atoms with Crippen LogP contribution < -0.4 is 4.90 Å². The second-order valence-corrected chi connectivity index (χ2v) is 7.02. The lowest BCUT2D eigenvalue weighted by atomic mass is 9.98. The zero-order valence-electron chi connectivity index (χ0n) is 14.6. The van der Waals surface area contributed by atoms with Gasteiger partial charge in [0, 0.05) is 44.2 Å². The third kappa shape index (κ3) is 2.08. The van der Waals surface area contributed by atoms with Crippen molar-refractivity contribution in [2.45, 2.75) is 19.3 Å². The number of Topliss-reactive ketones (excluding diaryl/α,β-unsaturated/α-hetero) is 1. The molecule has 0 spiro atoms. The molecule has 122 valence electrons. The van der Waals surface area contributed by atoms with E-state index in [2.05, 4.69) is 58.9 Å². The van der Waals surface area contributed by atoms with Crippen molar-refractivity contribution in [2.24, 2.45) is 7.05 Å². The fourth-order valence-corrected chi connectivity index (χ4v) is 3.92. The van der Waals surface area contributed by atoms with Gasteiger partial charge in [-0.1, -0.05) is 25.1 Å². The Kier molecular flexibility index (Phi) is 3.27. The van der Waals surface area contributed by atoms with Crippen LogP contribution in [0, 0.1) is 0 Å². The van der Waals surface area contributed by atoms with Crippen LogP contribution in [-0.4, -0.2) is 24.4 Å². The second kappa shape index (κ2) is 5.23. The molecule has 0 N–H and O–H groups in total. The summed E-state index contributed by atoms with van der Waals surface area (Å²) in [5.74, 6) is 0.579. The van der Waals surface area contributed by atoms with Gasteiger partial charge in [0.1, 0.15) is 0 Å². The third-order valence-electron chi connectivity index (χ3n) is 5.20. The number of benzene rings is 2. The summed E-state index contributed by atoms with van der Waals surface area (Å²) in [5, 5.41) is 1.22. The molecule has 0 bridgehead atoms. The Hall–Kier alpha value is -2.55. The molecule has 0 fully saturated rings. The molecule has 1 atom stereocenters. The van der Waals surface area contributed by atoms with Crippen LogP contribution >= 0.6 is 0 Å². The van der Waals surface area contributed by atoms with Crippen molar-refractivity contribution in [3.05, 3.63) is 53.7 Å². The smallest absolute Gasteiger partial charge is 0.180 e. The van der Waals surface area contributed by atoms with E-state index in [0.29, 0.717) is 12.3 Å². The van der Waals surface area contributed by atoms with E-state index >= 15 is 0 Å². The number of aromatic nitrogens is 1. The quantitative estimate of drug-likeness (QED) is 0.690. The van der Waals surface area contributed by atoms with Crippen LogP contribution in [0.2, 0.25) is 0 Å². The molecule has 0 amide bonds. The summed E-state index contributed by atoms with van der Waals surface area (Å²) in [6.07, 6.45) is 0.635. The molecule has 0 saturated carbocycles. The van der Waals surface area contributed by atoms with Gasteiger partial charge in [-0.3, -0.25) is 4.79 Å². The molecule has 1 heterocycles. The van der Waals surface area contributed by atoms with Gasteiger partial charge >= 0.3 is 0 Å². The van der Waals surface area contributed by atoms with Crippen LogP contribution in [0.4, 0.5) is 5.69 Å². The number of aryl methyl sites for hydroxylation is 1. The van der Waals surface area contributed by atoms with Crippen LogP contribution in [0.3, 0.4) is 0 Å². The first-order valence-corrected chi connectivity index (χ1v) is 8.40. The maximum absolute atomic E-state index is 12.3. The Morgan fingerprint density at radius 3 is 2.38 bits per heavy atom. The number of carbonyl (C=O) groups is 1. The van der Waals surface area contributed by atoms with Crippen molar-refractivity contribution in [3.63, 3.8) is 0 Å². The molecule has 3 heteroatoms. The van der Waals surface area contributed by atoms with Gasteiger partial charge in [-0.2, -0.15) is 0 Å². The van der Waals surface area contributed by atoms with E-state index < -0.39 is 0 Å². The Morgan fingerprint density at radius 1 is 1.04 bits per heavy atom.